The van der Waals surface area contributed by atoms with E-state index in [0.29, 0.717) is 44.4 Å². The van der Waals surface area contributed by atoms with Crippen molar-refractivity contribution in [1.82, 2.24) is 15.1 Å². The van der Waals surface area contributed by atoms with Gasteiger partial charge in [0, 0.05) is 38.5 Å². The molecule has 0 spiro atoms. The van der Waals surface area contributed by atoms with Gasteiger partial charge in [-0.2, -0.15) is 0 Å². The monoisotopic (exact) mass is 253 g/mol. The standard InChI is InChI=1S/C13H23N3O2/c1-14-6-2-3-12(17)15-7-9-16(10-8-15)13(18)11-4-5-11/h11,14H,2-10H2,1H3. The van der Waals surface area contributed by atoms with E-state index in [9.17, 15) is 9.59 Å². The first-order chi connectivity index (χ1) is 8.72. The predicted molar refractivity (Wildman–Crippen MR) is 69.0 cm³/mol. The molecule has 0 atom stereocenters. The van der Waals surface area contributed by atoms with Crippen molar-refractivity contribution in [2.75, 3.05) is 39.8 Å². The van der Waals surface area contributed by atoms with Gasteiger partial charge in [0.15, 0.2) is 0 Å². The molecule has 102 valence electrons. The molecule has 0 unspecified atom stereocenters. The average Bonchev–Trinajstić information content (AvgIpc) is 3.22. The van der Waals surface area contributed by atoms with E-state index in [4.69, 9.17) is 0 Å². The maximum atomic E-state index is 11.9. The highest BCUT2D eigenvalue weighted by atomic mass is 16.2. The van der Waals surface area contributed by atoms with Gasteiger partial charge in [0.25, 0.3) is 0 Å². The maximum absolute atomic E-state index is 11.9. The number of hydrogen-bond acceptors (Lipinski definition) is 3. The number of carbonyl (C=O) groups excluding carboxylic acids is 2. The van der Waals surface area contributed by atoms with Crippen LogP contribution in [0.5, 0.6) is 0 Å². The second-order valence-corrected chi connectivity index (χ2v) is 5.19. The summed E-state index contributed by atoms with van der Waals surface area (Å²) < 4.78 is 0. The maximum Gasteiger partial charge on any atom is 0.225 e. The quantitative estimate of drug-likeness (QED) is 0.705. The molecule has 0 bridgehead atoms. The van der Waals surface area contributed by atoms with Crippen molar-refractivity contribution in [2.45, 2.75) is 25.7 Å². The van der Waals surface area contributed by atoms with Crippen LogP contribution in [0.25, 0.3) is 0 Å². The number of piperazine rings is 1. The van der Waals surface area contributed by atoms with E-state index in [-0.39, 0.29) is 5.91 Å². The van der Waals surface area contributed by atoms with Gasteiger partial charge in [0.2, 0.25) is 11.8 Å². The minimum atomic E-state index is 0.226. The summed E-state index contributed by atoms with van der Waals surface area (Å²) >= 11 is 0. The van der Waals surface area contributed by atoms with Crippen LogP contribution in [-0.4, -0.2) is 61.4 Å². The number of hydrogen-bond donors (Lipinski definition) is 1. The fraction of sp³-hybridized carbons (Fsp3) is 0.846. The topological polar surface area (TPSA) is 52.7 Å². The van der Waals surface area contributed by atoms with Crippen molar-refractivity contribution >= 4 is 11.8 Å². The summed E-state index contributed by atoms with van der Waals surface area (Å²) in [6.45, 7) is 3.72. The Kier molecular flexibility index (Phi) is 4.58. The summed E-state index contributed by atoms with van der Waals surface area (Å²) in [5.41, 5.74) is 0. The lowest BCUT2D eigenvalue weighted by atomic mass is 10.2. The van der Waals surface area contributed by atoms with Crippen LogP contribution < -0.4 is 5.32 Å². The van der Waals surface area contributed by atoms with Crippen molar-refractivity contribution in [3.8, 4) is 0 Å². The predicted octanol–water partition coefficient (Wildman–Crippen LogP) is 0.0668. The van der Waals surface area contributed by atoms with Crippen LogP contribution >= 0.6 is 0 Å². The third-order valence-electron chi connectivity index (χ3n) is 3.69. The summed E-state index contributed by atoms with van der Waals surface area (Å²) in [7, 11) is 1.90. The number of amides is 2. The molecule has 1 heterocycles. The molecule has 2 fully saturated rings. The van der Waals surface area contributed by atoms with Crippen molar-refractivity contribution in [1.29, 1.82) is 0 Å². The molecule has 1 aliphatic heterocycles. The molecule has 0 aromatic heterocycles. The Balaban J connectivity index is 1.68. The highest BCUT2D eigenvalue weighted by Crippen LogP contribution is 2.31. The molecule has 1 N–H and O–H groups in total. The van der Waals surface area contributed by atoms with Gasteiger partial charge in [-0.15, -0.1) is 0 Å². The molecule has 5 nitrogen and oxygen atoms in total. The van der Waals surface area contributed by atoms with Gasteiger partial charge in [-0.1, -0.05) is 0 Å². The van der Waals surface area contributed by atoms with Crippen LogP contribution in [-0.2, 0) is 9.59 Å². The molecule has 5 heteroatoms. The molecular weight excluding hydrogens is 230 g/mol. The Hall–Kier alpha value is -1.10. The molecule has 18 heavy (non-hydrogen) atoms. The minimum Gasteiger partial charge on any atom is -0.339 e. The number of rotatable bonds is 5. The smallest absolute Gasteiger partial charge is 0.225 e. The van der Waals surface area contributed by atoms with Crippen molar-refractivity contribution < 1.29 is 9.59 Å². The van der Waals surface area contributed by atoms with Crippen LogP contribution in [0.15, 0.2) is 0 Å². The van der Waals surface area contributed by atoms with Gasteiger partial charge in [0.05, 0.1) is 0 Å². The van der Waals surface area contributed by atoms with E-state index < -0.39 is 0 Å². The zero-order valence-electron chi connectivity index (χ0n) is 11.2. The second-order valence-electron chi connectivity index (χ2n) is 5.19. The SMILES string of the molecule is CNCCCC(=O)N1CCN(C(=O)C2CC2)CC1. The van der Waals surface area contributed by atoms with Gasteiger partial charge in [0.1, 0.15) is 0 Å². The molecule has 1 saturated heterocycles. The molecule has 1 aliphatic carbocycles. The fourth-order valence-electron chi connectivity index (χ4n) is 2.34. The van der Waals surface area contributed by atoms with Crippen molar-refractivity contribution in [3.05, 3.63) is 0 Å². The van der Waals surface area contributed by atoms with Crippen LogP contribution in [0.4, 0.5) is 0 Å². The molecule has 0 aromatic carbocycles. The Labute approximate surface area is 108 Å². The van der Waals surface area contributed by atoms with Crippen LogP contribution in [0.1, 0.15) is 25.7 Å². The third-order valence-corrected chi connectivity index (χ3v) is 3.69. The molecule has 1 saturated carbocycles. The average molecular weight is 253 g/mol. The molecule has 2 amide bonds. The van der Waals surface area contributed by atoms with Crippen molar-refractivity contribution in [2.24, 2.45) is 5.92 Å². The first kappa shape index (κ1) is 13.3. The Morgan fingerprint density at radius 1 is 1.11 bits per heavy atom. The summed E-state index contributed by atoms with van der Waals surface area (Å²) in [6, 6.07) is 0. The lowest BCUT2D eigenvalue weighted by Gasteiger charge is -2.35. The first-order valence-corrected chi connectivity index (χ1v) is 6.93. The van der Waals surface area contributed by atoms with Crippen LogP contribution in [0.3, 0.4) is 0 Å². The second kappa shape index (κ2) is 6.18. The van der Waals surface area contributed by atoms with Crippen LogP contribution in [0.2, 0.25) is 0 Å². The van der Waals surface area contributed by atoms with Gasteiger partial charge in [-0.25, -0.2) is 0 Å². The van der Waals surface area contributed by atoms with E-state index in [2.05, 4.69) is 5.32 Å². The Morgan fingerprint density at radius 3 is 2.28 bits per heavy atom. The minimum absolute atomic E-state index is 0.226. The molecule has 0 aromatic rings. The molecule has 2 rings (SSSR count). The third kappa shape index (κ3) is 3.45. The van der Waals surface area contributed by atoms with E-state index in [1.54, 1.807) is 0 Å². The van der Waals surface area contributed by atoms with Gasteiger partial charge < -0.3 is 15.1 Å². The van der Waals surface area contributed by atoms with Gasteiger partial charge in [-0.05, 0) is 32.9 Å². The largest absolute Gasteiger partial charge is 0.339 e. The number of carbonyl (C=O) groups is 2. The van der Waals surface area contributed by atoms with Crippen LogP contribution in [0, 0.1) is 5.92 Å². The summed E-state index contributed by atoms with van der Waals surface area (Å²) in [4.78, 5) is 27.6. The van der Waals surface area contributed by atoms with E-state index in [1.165, 1.54) is 0 Å². The first-order valence-electron chi connectivity index (χ1n) is 6.93. The van der Waals surface area contributed by atoms with Crippen molar-refractivity contribution in [3.63, 3.8) is 0 Å². The number of nitrogens with zero attached hydrogens (tertiary/aromatic N) is 2. The Morgan fingerprint density at radius 2 is 1.72 bits per heavy atom. The highest BCUT2D eigenvalue weighted by Gasteiger charge is 2.34. The van der Waals surface area contributed by atoms with E-state index >= 15 is 0 Å². The lowest BCUT2D eigenvalue weighted by molar-refractivity contribution is -0.140. The van der Waals surface area contributed by atoms with E-state index in [0.717, 1.165) is 25.8 Å². The zero-order chi connectivity index (χ0) is 13.0. The number of nitrogens with one attached hydrogen (secondary N) is 1. The summed E-state index contributed by atoms with van der Waals surface area (Å²) in [5.74, 6) is 0.823. The molecule has 0 radical (unpaired) electrons. The lowest BCUT2D eigenvalue weighted by Crippen LogP contribution is -2.51. The normalized spacial score (nSPS) is 20.1. The van der Waals surface area contributed by atoms with E-state index in [1.807, 2.05) is 16.8 Å². The molecule has 2 aliphatic rings. The fourth-order valence-corrected chi connectivity index (χ4v) is 2.34. The Bertz CT molecular complexity index is 307. The summed E-state index contributed by atoms with van der Waals surface area (Å²) in [6.07, 6.45) is 3.61. The molecular formula is C13H23N3O2. The summed E-state index contributed by atoms with van der Waals surface area (Å²) in [5, 5.41) is 3.04. The zero-order valence-corrected chi connectivity index (χ0v) is 11.2. The van der Waals surface area contributed by atoms with Gasteiger partial charge in [-0.3, -0.25) is 9.59 Å². The van der Waals surface area contributed by atoms with Gasteiger partial charge >= 0.3 is 0 Å². The highest BCUT2D eigenvalue weighted by molar-refractivity contribution is 5.81.